The summed E-state index contributed by atoms with van der Waals surface area (Å²) < 4.78 is 22.8. The van der Waals surface area contributed by atoms with Crippen LogP contribution in [-0.2, 0) is 16.3 Å². The molecular formula is C11H14N2O4S. The van der Waals surface area contributed by atoms with E-state index in [0.29, 0.717) is 18.4 Å². The quantitative estimate of drug-likeness (QED) is 0.641. The van der Waals surface area contributed by atoms with Gasteiger partial charge in [-0.2, -0.15) is 0 Å². The van der Waals surface area contributed by atoms with Crippen LogP contribution in [0.4, 0.5) is 5.69 Å². The summed E-state index contributed by atoms with van der Waals surface area (Å²) in [5, 5.41) is 10.7. The molecule has 98 valence electrons. The van der Waals surface area contributed by atoms with Crippen LogP contribution in [0.15, 0.2) is 24.3 Å². The fraction of sp³-hybridized carbons (Fsp3) is 0.455. The summed E-state index contributed by atoms with van der Waals surface area (Å²) >= 11 is 0. The van der Waals surface area contributed by atoms with E-state index in [4.69, 9.17) is 5.73 Å². The Bertz CT molecular complexity index is 584. The zero-order valence-electron chi connectivity index (χ0n) is 9.70. The number of rotatable bonds is 3. The molecule has 0 radical (unpaired) electrons. The molecule has 1 aliphatic rings. The van der Waals surface area contributed by atoms with Gasteiger partial charge in [-0.1, -0.05) is 12.1 Å². The predicted molar refractivity (Wildman–Crippen MR) is 67.0 cm³/mol. The first-order chi connectivity index (χ1) is 8.30. The van der Waals surface area contributed by atoms with Crippen LogP contribution in [0.2, 0.25) is 0 Å². The zero-order chi connectivity index (χ0) is 13.4. The summed E-state index contributed by atoms with van der Waals surface area (Å²) in [6.07, 6.45) is 0.742. The highest BCUT2D eigenvalue weighted by atomic mass is 32.2. The average molecular weight is 270 g/mol. The zero-order valence-corrected chi connectivity index (χ0v) is 10.5. The predicted octanol–water partition coefficient (Wildman–Crippen LogP) is 0.653. The van der Waals surface area contributed by atoms with Crippen LogP contribution in [0.25, 0.3) is 0 Å². The lowest BCUT2D eigenvalue weighted by Gasteiger charge is -2.21. The summed E-state index contributed by atoms with van der Waals surface area (Å²) in [6.45, 7) is 0. The van der Waals surface area contributed by atoms with Gasteiger partial charge in [-0.3, -0.25) is 10.1 Å². The monoisotopic (exact) mass is 270 g/mol. The Morgan fingerprint density at radius 3 is 2.72 bits per heavy atom. The Kier molecular flexibility index (Phi) is 3.12. The Hall–Kier alpha value is -1.47. The van der Waals surface area contributed by atoms with Crippen LogP contribution in [0.5, 0.6) is 0 Å². The van der Waals surface area contributed by atoms with Crippen molar-refractivity contribution in [2.75, 3.05) is 11.5 Å². The van der Waals surface area contributed by atoms with Gasteiger partial charge in [0, 0.05) is 17.7 Å². The third-order valence-corrected chi connectivity index (χ3v) is 4.94. The van der Waals surface area contributed by atoms with Crippen LogP contribution in [0.3, 0.4) is 0 Å². The standard InChI is InChI=1S/C11H14N2O4S/c12-11(4-5-18(16,17)8-11)7-9-2-1-3-10(6-9)13(14)15/h1-3,6H,4-5,7-8,12H2. The summed E-state index contributed by atoms with van der Waals surface area (Å²) in [5.41, 5.74) is 5.94. The Balaban J connectivity index is 2.20. The molecule has 1 aliphatic heterocycles. The minimum atomic E-state index is -3.06. The number of hydrogen-bond acceptors (Lipinski definition) is 5. The second-order valence-electron chi connectivity index (χ2n) is 4.81. The van der Waals surface area contributed by atoms with Gasteiger partial charge in [0.1, 0.15) is 0 Å². The van der Waals surface area contributed by atoms with Crippen LogP contribution in [0.1, 0.15) is 12.0 Å². The van der Waals surface area contributed by atoms with Crippen molar-refractivity contribution in [3.05, 3.63) is 39.9 Å². The number of non-ortho nitro benzene ring substituents is 1. The SMILES string of the molecule is NC1(Cc2cccc([N+](=O)[O-])c2)CCS(=O)(=O)C1. The fourth-order valence-electron chi connectivity index (χ4n) is 2.27. The lowest BCUT2D eigenvalue weighted by molar-refractivity contribution is -0.384. The summed E-state index contributed by atoms with van der Waals surface area (Å²) in [5.74, 6) is 0.0428. The molecular weight excluding hydrogens is 256 g/mol. The van der Waals surface area contributed by atoms with E-state index in [2.05, 4.69) is 0 Å². The molecule has 18 heavy (non-hydrogen) atoms. The Morgan fingerprint density at radius 1 is 1.44 bits per heavy atom. The van der Waals surface area contributed by atoms with Crippen molar-refractivity contribution in [1.29, 1.82) is 0 Å². The van der Waals surface area contributed by atoms with E-state index < -0.39 is 20.3 Å². The van der Waals surface area contributed by atoms with E-state index in [-0.39, 0.29) is 17.2 Å². The van der Waals surface area contributed by atoms with Gasteiger partial charge in [-0.25, -0.2) is 8.42 Å². The van der Waals surface area contributed by atoms with E-state index >= 15 is 0 Å². The van der Waals surface area contributed by atoms with Gasteiger partial charge in [-0.15, -0.1) is 0 Å². The van der Waals surface area contributed by atoms with Gasteiger partial charge in [0.2, 0.25) is 0 Å². The highest BCUT2D eigenvalue weighted by Crippen LogP contribution is 2.26. The largest absolute Gasteiger partial charge is 0.324 e. The molecule has 6 nitrogen and oxygen atoms in total. The van der Waals surface area contributed by atoms with E-state index in [0.717, 1.165) is 0 Å². The van der Waals surface area contributed by atoms with Crippen LogP contribution >= 0.6 is 0 Å². The van der Waals surface area contributed by atoms with E-state index in [9.17, 15) is 18.5 Å². The third kappa shape index (κ3) is 2.85. The maximum atomic E-state index is 11.4. The first-order valence-electron chi connectivity index (χ1n) is 5.52. The summed E-state index contributed by atoms with van der Waals surface area (Å²) in [6, 6.07) is 6.16. The normalized spacial score (nSPS) is 26.1. The number of sulfone groups is 1. The number of nitrogens with zero attached hydrogens (tertiary/aromatic N) is 1. The number of nitro benzene ring substituents is 1. The molecule has 0 amide bonds. The first-order valence-corrected chi connectivity index (χ1v) is 7.35. The maximum Gasteiger partial charge on any atom is 0.269 e. The highest BCUT2D eigenvalue weighted by Gasteiger charge is 2.39. The van der Waals surface area contributed by atoms with Gasteiger partial charge < -0.3 is 5.73 Å². The highest BCUT2D eigenvalue weighted by molar-refractivity contribution is 7.91. The Labute approximate surface area is 105 Å². The lowest BCUT2D eigenvalue weighted by Crippen LogP contribution is -2.43. The van der Waals surface area contributed by atoms with Gasteiger partial charge >= 0.3 is 0 Å². The van der Waals surface area contributed by atoms with Crippen molar-refractivity contribution < 1.29 is 13.3 Å². The van der Waals surface area contributed by atoms with Crippen molar-refractivity contribution in [2.45, 2.75) is 18.4 Å². The molecule has 1 fully saturated rings. The first kappa shape index (κ1) is 13.0. The molecule has 7 heteroatoms. The smallest absolute Gasteiger partial charge is 0.269 e. The van der Waals surface area contributed by atoms with Crippen molar-refractivity contribution >= 4 is 15.5 Å². The number of nitro groups is 1. The summed E-state index contributed by atoms with van der Waals surface area (Å²) in [7, 11) is -3.06. The lowest BCUT2D eigenvalue weighted by atomic mass is 9.91. The van der Waals surface area contributed by atoms with Gasteiger partial charge in [-0.05, 0) is 18.4 Å². The molecule has 1 atom stereocenters. The van der Waals surface area contributed by atoms with Crippen molar-refractivity contribution in [1.82, 2.24) is 0 Å². The summed E-state index contributed by atoms with van der Waals surface area (Å²) in [4.78, 5) is 10.2. The molecule has 1 aromatic rings. The fourth-order valence-corrected chi connectivity index (χ4v) is 4.25. The van der Waals surface area contributed by atoms with Crippen LogP contribution in [0, 0.1) is 10.1 Å². The second kappa shape index (κ2) is 4.33. The minimum absolute atomic E-state index is 0.00282. The maximum absolute atomic E-state index is 11.4. The molecule has 2 rings (SSSR count). The Morgan fingerprint density at radius 2 is 2.17 bits per heavy atom. The van der Waals surface area contributed by atoms with E-state index in [1.165, 1.54) is 12.1 Å². The van der Waals surface area contributed by atoms with Crippen LogP contribution in [-0.4, -0.2) is 30.4 Å². The van der Waals surface area contributed by atoms with Crippen molar-refractivity contribution in [3.8, 4) is 0 Å². The molecule has 0 spiro atoms. The second-order valence-corrected chi connectivity index (χ2v) is 6.99. The van der Waals surface area contributed by atoms with Gasteiger partial charge in [0.05, 0.1) is 16.4 Å². The average Bonchev–Trinajstić information content (AvgIpc) is 2.53. The molecule has 0 saturated carbocycles. The molecule has 1 heterocycles. The van der Waals surface area contributed by atoms with Gasteiger partial charge in [0.15, 0.2) is 9.84 Å². The molecule has 1 aromatic carbocycles. The number of hydrogen-bond donors (Lipinski definition) is 1. The van der Waals surface area contributed by atoms with Crippen molar-refractivity contribution in [2.24, 2.45) is 5.73 Å². The molecule has 0 aliphatic carbocycles. The number of nitrogens with two attached hydrogens (primary N) is 1. The molecule has 1 unspecified atom stereocenters. The topological polar surface area (TPSA) is 103 Å². The number of benzene rings is 1. The van der Waals surface area contributed by atoms with Crippen LogP contribution < -0.4 is 5.73 Å². The van der Waals surface area contributed by atoms with E-state index in [1.54, 1.807) is 12.1 Å². The molecule has 0 aromatic heterocycles. The minimum Gasteiger partial charge on any atom is -0.324 e. The molecule has 1 saturated heterocycles. The van der Waals surface area contributed by atoms with E-state index in [1.807, 2.05) is 0 Å². The molecule has 0 bridgehead atoms. The molecule has 2 N–H and O–H groups in total. The van der Waals surface area contributed by atoms with Gasteiger partial charge in [0.25, 0.3) is 5.69 Å². The third-order valence-electron chi connectivity index (χ3n) is 3.10. The van der Waals surface area contributed by atoms with Crippen molar-refractivity contribution in [3.63, 3.8) is 0 Å².